The summed E-state index contributed by atoms with van der Waals surface area (Å²) < 4.78 is 39.7. The highest BCUT2D eigenvalue weighted by atomic mass is 32.2. The molecule has 1 amide bonds. The van der Waals surface area contributed by atoms with Crippen LogP contribution < -0.4 is 0 Å². The van der Waals surface area contributed by atoms with Crippen LogP contribution in [0.4, 0.5) is 4.39 Å². The summed E-state index contributed by atoms with van der Waals surface area (Å²) in [5, 5.41) is 0. The van der Waals surface area contributed by atoms with Gasteiger partial charge in [0.2, 0.25) is 10.0 Å². The zero-order chi connectivity index (χ0) is 20.4. The Labute approximate surface area is 160 Å². The van der Waals surface area contributed by atoms with E-state index in [-0.39, 0.29) is 34.3 Å². The fraction of sp³-hybridized carbons (Fsp3) is 0.350. The molecular formula is C20H25FN2O3S. The predicted octanol–water partition coefficient (Wildman–Crippen LogP) is 3.69. The zero-order valence-electron chi connectivity index (χ0n) is 16.2. The molecule has 1 atom stereocenters. The maximum atomic E-state index is 13.1. The van der Waals surface area contributed by atoms with Crippen molar-refractivity contribution in [3.05, 3.63) is 65.5 Å². The first-order valence-electron chi connectivity index (χ1n) is 8.66. The van der Waals surface area contributed by atoms with E-state index in [1.807, 2.05) is 6.92 Å². The summed E-state index contributed by atoms with van der Waals surface area (Å²) in [7, 11) is -0.528. The van der Waals surface area contributed by atoms with Crippen molar-refractivity contribution in [2.75, 3.05) is 14.1 Å². The maximum absolute atomic E-state index is 13.1. The molecular weight excluding hydrogens is 367 g/mol. The Morgan fingerprint density at radius 1 is 1.00 bits per heavy atom. The van der Waals surface area contributed by atoms with Crippen LogP contribution in [-0.2, 0) is 10.0 Å². The van der Waals surface area contributed by atoms with E-state index >= 15 is 0 Å². The molecule has 0 aromatic heterocycles. The Kier molecular flexibility index (Phi) is 6.38. The molecule has 0 heterocycles. The van der Waals surface area contributed by atoms with E-state index in [2.05, 4.69) is 0 Å². The molecule has 2 aromatic rings. The first-order valence-corrected chi connectivity index (χ1v) is 10.1. The van der Waals surface area contributed by atoms with Crippen molar-refractivity contribution < 1.29 is 17.6 Å². The smallest absolute Gasteiger partial charge is 0.254 e. The highest BCUT2D eigenvalue weighted by molar-refractivity contribution is 7.89. The lowest BCUT2D eigenvalue weighted by Gasteiger charge is -2.26. The largest absolute Gasteiger partial charge is 0.335 e. The van der Waals surface area contributed by atoms with Crippen molar-refractivity contribution in [3.8, 4) is 0 Å². The number of rotatable bonds is 6. The van der Waals surface area contributed by atoms with Crippen molar-refractivity contribution >= 4 is 15.9 Å². The molecule has 5 nitrogen and oxygen atoms in total. The lowest BCUT2D eigenvalue weighted by atomic mass is 10.1. The molecule has 7 heteroatoms. The molecule has 2 aromatic carbocycles. The summed E-state index contributed by atoms with van der Waals surface area (Å²) in [6.45, 7) is 5.40. The van der Waals surface area contributed by atoms with Crippen LogP contribution in [0.1, 0.15) is 42.7 Å². The third kappa shape index (κ3) is 4.54. The average Bonchev–Trinajstić information content (AvgIpc) is 2.66. The number of hydrogen-bond acceptors (Lipinski definition) is 3. The number of sulfonamides is 1. The van der Waals surface area contributed by atoms with E-state index in [0.29, 0.717) is 0 Å². The van der Waals surface area contributed by atoms with Crippen LogP contribution in [0.2, 0.25) is 0 Å². The fourth-order valence-electron chi connectivity index (χ4n) is 2.58. The van der Waals surface area contributed by atoms with E-state index in [9.17, 15) is 17.6 Å². The summed E-state index contributed by atoms with van der Waals surface area (Å²) in [6.07, 6.45) is 0. The van der Waals surface area contributed by atoms with Crippen LogP contribution in [0.3, 0.4) is 0 Å². The van der Waals surface area contributed by atoms with E-state index in [1.54, 1.807) is 45.2 Å². The Morgan fingerprint density at radius 3 is 2.15 bits per heavy atom. The van der Waals surface area contributed by atoms with Gasteiger partial charge in [-0.05, 0) is 56.7 Å². The molecule has 0 saturated heterocycles. The number of carbonyl (C=O) groups is 1. The van der Waals surface area contributed by atoms with Crippen LogP contribution in [0.15, 0.2) is 53.4 Å². The van der Waals surface area contributed by atoms with Crippen LogP contribution in [0.5, 0.6) is 0 Å². The quantitative estimate of drug-likeness (QED) is 0.753. The van der Waals surface area contributed by atoms with Crippen LogP contribution in [0, 0.1) is 5.82 Å². The molecule has 0 spiro atoms. The number of halogens is 1. The van der Waals surface area contributed by atoms with Gasteiger partial charge in [-0.25, -0.2) is 12.8 Å². The first-order chi connectivity index (χ1) is 12.6. The molecule has 0 radical (unpaired) electrons. The van der Waals surface area contributed by atoms with Gasteiger partial charge in [0.15, 0.2) is 0 Å². The van der Waals surface area contributed by atoms with Gasteiger partial charge < -0.3 is 4.90 Å². The molecule has 0 aliphatic carbocycles. The van der Waals surface area contributed by atoms with Crippen molar-refractivity contribution in [1.29, 1.82) is 0 Å². The standard InChI is InChI=1S/C20H25FN2O3S/c1-14(2)23(5)27(25,26)19-8-6-7-17(13-19)20(24)22(4)15(3)16-9-11-18(21)12-10-16/h6-15H,1-5H3. The van der Waals surface area contributed by atoms with Gasteiger partial charge in [0, 0.05) is 25.7 Å². The van der Waals surface area contributed by atoms with Crippen LogP contribution in [0.25, 0.3) is 0 Å². The fourth-order valence-corrected chi connectivity index (χ4v) is 3.99. The number of benzene rings is 2. The SMILES string of the molecule is CC(c1ccc(F)cc1)N(C)C(=O)c1cccc(S(=O)(=O)N(C)C(C)C)c1. The van der Waals surface area contributed by atoms with Gasteiger partial charge in [-0.1, -0.05) is 18.2 Å². The van der Waals surface area contributed by atoms with E-state index < -0.39 is 10.0 Å². The number of amides is 1. The summed E-state index contributed by atoms with van der Waals surface area (Å²) >= 11 is 0. The molecule has 0 aliphatic heterocycles. The van der Waals surface area contributed by atoms with Crippen molar-refractivity contribution in [1.82, 2.24) is 9.21 Å². The molecule has 0 fully saturated rings. The van der Waals surface area contributed by atoms with Gasteiger partial charge >= 0.3 is 0 Å². The second kappa shape index (κ2) is 8.19. The van der Waals surface area contributed by atoms with Crippen molar-refractivity contribution in [3.63, 3.8) is 0 Å². The maximum Gasteiger partial charge on any atom is 0.254 e. The van der Waals surface area contributed by atoms with Crippen molar-refractivity contribution in [2.45, 2.75) is 37.8 Å². The van der Waals surface area contributed by atoms with E-state index in [1.165, 1.54) is 40.5 Å². The minimum absolute atomic E-state index is 0.0763. The Morgan fingerprint density at radius 2 is 1.59 bits per heavy atom. The summed E-state index contributed by atoms with van der Waals surface area (Å²) in [6, 6.07) is 11.5. The molecule has 27 heavy (non-hydrogen) atoms. The highest BCUT2D eigenvalue weighted by Gasteiger charge is 2.25. The molecule has 0 bridgehead atoms. The predicted molar refractivity (Wildman–Crippen MR) is 103 cm³/mol. The van der Waals surface area contributed by atoms with Gasteiger partial charge in [-0.15, -0.1) is 0 Å². The van der Waals surface area contributed by atoms with Crippen LogP contribution in [-0.4, -0.2) is 43.7 Å². The Balaban J connectivity index is 2.30. The lowest BCUT2D eigenvalue weighted by molar-refractivity contribution is 0.0742. The minimum atomic E-state index is -3.68. The first kappa shape index (κ1) is 21.1. The lowest BCUT2D eigenvalue weighted by Crippen LogP contribution is -2.33. The molecule has 0 aliphatic rings. The van der Waals surface area contributed by atoms with Gasteiger partial charge in [-0.2, -0.15) is 4.31 Å². The molecule has 146 valence electrons. The Bertz CT molecular complexity index is 911. The number of nitrogens with zero attached hydrogens (tertiary/aromatic N) is 2. The van der Waals surface area contributed by atoms with Gasteiger partial charge in [-0.3, -0.25) is 4.79 Å². The minimum Gasteiger partial charge on any atom is -0.335 e. The third-order valence-electron chi connectivity index (χ3n) is 4.74. The average molecular weight is 392 g/mol. The highest BCUT2D eigenvalue weighted by Crippen LogP contribution is 2.23. The topological polar surface area (TPSA) is 57.7 Å². The van der Waals surface area contributed by atoms with E-state index in [4.69, 9.17) is 0 Å². The zero-order valence-corrected chi connectivity index (χ0v) is 17.0. The van der Waals surface area contributed by atoms with Gasteiger partial charge in [0.05, 0.1) is 10.9 Å². The van der Waals surface area contributed by atoms with Gasteiger partial charge in [0.25, 0.3) is 5.91 Å². The van der Waals surface area contributed by atoms with E-state index in [0.717, 1.165) is 5.56 Å². The third-order valence-corrected chi connectivity index (χ3v) is 6.77. The normalized spacial score (nSPS) is 13.0. The van der Waals surface area contributed by atoms with Crippen molar-refractivity contribution in [2.24, 2.45) is 0 Å². The summed E-state index contributed by atoms with van der Waals surface area (Å²) in [5.74, 6) is -0.650. The Hall–Kier alpha value is -2.25. The molecule has 0 saturated carbocycles. The molecule has 0 N–H and O–H groups in total. The second-order valence-corrected chi connectivity index (χ2v) is 8.78. The number of hydrogen-bond donors (Lipinski definition) is 0. The number of carbonyl (C=O) groups excluding carboxylic acids is 1. The van der Waals surface area contributed by atoms with Crippen LogP contribution >= 0.6 is 0 Å². The van der Waals surface area contributed by atoms with Gasteiger partial charge in [0.1, 0.15) is 5.82 Å². The molecule has 1 unspecified atom stereocenters. The molecule has 2 rings (SSSR count). The monoisotopic (exact) mass is 392 g/mol. The summed E-state index contributed by atoms with van der Waals surface area (Å²) in [5.41, 5.74) is 1.07. The summed E-state index contributed by atoms with van der Waals surface area (Å²) in [4.78, 5) is 14.4. The second-order valence-electron chi connectivity index (χ2n) is 6.79.